The molecule has 2 nitrogen and oxygen atoms in total. The van der Waals surface area contributed by atoms with Gasteiger partial charge in [-0.25, -0.2) is 0 Å². The quantitative estimate of drug-likeness (QED) is 0.665. The second-order valence-corrected chi connectivity index (χ2v) is 5.84. The van der Waals surface area contributed by atoms with E-state index in [4.69, 9.17) is 4.84 Å². The first-order chi connectivity index (χ1) is 11.1. The van der Waals surface area contributed by atoms with Crippen LogP contribution in [0.25, 0.3) is 0 Å². The second kappa shape index (κ2) is 11.0. The SMILES string of the molecule is CC(C)C(c1ccccc1)c1ccccc1.CCN(CC)OC. The van der Waals surface area contributed by atoms with E-state index in [2.05, 4.69) is 88.4 Å². The summed E-state index contributed by atoms with van der Waals surface area (Å²) >= 11 is 0. The molecule has 0 radical (unpaired) electrons. The lowest BCUT2D eigenvalue weighted by Crippen LogP contribution is -2.20. The van der Waals surface area contributed by atoms with E-state index >= 15 is 0 Å². The van der Waals surface area contributed by atoms with Crippen molar-refractivity contribution in [2.24, 2.45) is 5.92 Å². The van der Waals surface area contributed by atoms with E-state index in [0.717, 1.165) is 13.1 Å². The van der Waals surface area contributed by atoms with Crippen LogP contribution in [0.5, 0.6) is 0 Å². The molecule has 0 aliphatic rings. The fourth-order valence-electron chi connectivity index (χ4n) is 2.76. The molecule has 0 bridgehead atoms. The lowest BCUT2D eigenvalue weighted by atomic mass is 9.83. The first kappa shape index (κ1) is 19.4. The summed E-state index contributed by atoms with van der Waals surface area (Å²) in [6.07, 6.45) is 0. The summed E-state index contributed by atoms with van der Waals surface area (Å²) in [5.74, 6) is 1.12. The van der Waals surface area contributed by atoms with Gasteiger partial charge in [0.05, 0.1) is 7.11 Å². The molecule has 0 heterocycles. The number of hydroxylamine groups is 2. The van der Waals surface area contributed by atoms with Gasteiger partial charge in [0.2, 0.25) is 0 Å². The van der Waals surface area contributed by atoms with E-state index in [1.54, 1.807) is 7.11 Å². The Morgan fingerprint density at radius 3 is 1.39 bits per heavy atom. The molecule has 0 saturated heterocycles. The molecular weight excluding hydrogens is 282 g/mol. The van der Waals surface area contributed by atoms with Gasteiger partial charge in [-0.3, -0.25) is 0 Å². The first-order valence-corrected chi connectivity index (χ1v) is 8.52. The van der Waals surface area contributed by atoms with Crippen molar-refractivity contribution in [3.63, 3.8) is 0 Å². The van der Waals surface area contributed by atoms with E-state index in [0.29, 0.717) is 11.8 Å². The highest BCUT2D eigenvalue weighted by Gasteiger charge is 2.16. The molecule has 0 amide bonds. The Kier molecular flexibility index (Phi) is 9.27. The molecular formula is C21H31NO. The number of hydrogen-bond acceptors (Lipinski definition) is 2. The molecule has 0 atom stereocenters. The van der Waals surface area contributed by atoms with Gasteiger partial charge in [0.15, 0.2) is 0 Å². The summed E-state index contributed by atoms with van der Waals surface area (Å²) in [6, 6.07) is 21.5. The van der Waals surface area contributed by atoms with Gasteiger partial charge in [0, 0.05) is 19.0 Å². The van der Waals surface area contributed by atoms with Crippen molar-refractivity contribution < 1.29 is 4.84 Å². The maximum Gasteiger partial charge on any atom is 0.0575 e. The minimum Gasteiger partial charge on any atom is -0.302 e. The van der Waals surface area contributed by atoms with Gasteiger partial charge >= 0.3 is 0 Å². The van der Waals surface area contributed by atoms with Crippen molar-refractivity contribution in [1.29, 1.82) is 0 Å². The highest BCUT2D eigenvalue weighted by Crippen LogP contribution is 2.31. The van der Waals surface area contributed by atoms with Crippen LogP contribution in [0.1, 0.15) is 44.7 Å². The Balaban J connectivity index is 0.000000322. The standard InChI is InChI=1S/C16H18.C5H13NO/c1-13(2)16(14-9-5-3-6-10-14)15-11-7-4-8-12-15;1-4-6(5-2)7-3/h3-13,16H,1-2H3;4-5H2,1-3H3. The van der Waals surface area contributed by atoms with E-state index in [1.807, 2.05) is 5.06 Å². The zero-order valence-corrected chi connectivity index (χ0v) is 15.2. The molecule has 2 heteroatoms. The van der Waals surface area contributed by atoms with Crippen LogP contribution in [-0.2, 0) is 4.84 Å². The normalized spacial score (nSPS) is 10.8. The summed E-state index contributed by atoms with van der Waals surface area (Å²) < 4.78 is 0. The third kappa shape index (κ3) is 6.55. The second-order valence-electron chi connectivity index (χ2n) is 5.84. The Bertz CT molecular complexity index is 461. The van der Waals surface area contributed by atoms with Gasteiger partial charge in [-0.2, -0.15) is 5.06 Å². The fourth-order valence-corrected chi connectivity index (χ4v) is 2.76. The van der Waals surface area contributed by atoms with E-state index < -0.39 is 0 Å². The third-order valence-electron chi connectivity index (χ3n) is 3.95. The molecule has 126 valence electrons. The van der Waals surface area contributed by atoms with Crippen LogP contribution in [0.4, 0.5) is 0 Å². The number of rotatable bonds is 6. The molecule has 2 aromatic carbocycles. The molecule has 0 aliphatic heterocycles. The summed E-state index contributed by atoms with van der Waals surface area (Å²) in [4.78, 5) is 4.88. The van der Waals surface area contributed by atoms with Crippen LogP contribution in [0, 0.1) is 5.92 Å². The van der Waals surface area contributed by atoms with Crippen molar-refractivity contribution in [3.8, 4) is 0 Å². The highest BCUT2D eigenvalue weighted by atomic mass is 16.7. The molecule has 0 fully saturated rings. The highest BCUT2D eigenvalue weighted by molar-refractivity contribution is 5.32. The molecule has 0 saturated carbocycles. The summed E-state index contributed by atoms with van der Waals surface area (Å²) in [7, 11) is 1.69. The smallest absolute Gasteiger partial charge is 0.0575 e. The van der Waals surface area contributed by atoms with Gasteiger partial charge in [-0.05, 0) is 17.0 Å². The molecule has 2 aromatic rings. The van der Waals surface area contributed by atoms with Crippen molar-refractivity contribution in [2.45, 2.75) is 33.6 Å². The monoisotopic (exact) mass is 313 g/mol. The topological polar surface area (TPSA) is 12.5 Å². The lowest BCUT2D eigenvalue weighted by molar-refractivity contribution is -0.123. The zero-order chi connectivity index (χ0) is 17.1. The van der Waals surface area contributed by atoms with E-state index in [-0.39, 0.29) is 0 Å². The van der Waals surface area contributed by atoms with Gasteiger partial charge in [-0.1, -0.05) is 88.4 Å². The summed E-state index contributed by atoms with van der Waals surface area (Å²) in [5, 5.41) is 1.88. The van der Waals surface area contributed by atoms with E-state index in [1.165, 1.54) is 11.1 Å². The zero-order valence-electron chi connectivity index (χ0n) is 15.2. The van der Waals surface area contributed by atoms with Gasteiger partial charge in [0.25, 0.3) is 0 Å². The Morgan fingerprint density at radius 2 is 1.17 bits per heavy atom. The predicted molar refractivity (Wildman–Crippen MR) is 99.5 cm³/mol. The minimum absolute atomic E-state index is 0.502. The van der Waals surface area contributed by atoms with Crippen LogP contribution in [-0.4, -0.2) is 25.3 Å². The molecule has 0 aliphatic carbocycles. The minimum atomic E-state index is 0.502. The first-order valence-electron chi connectivity index (χ1n) is 8.52. The molecule has 0 unspecified atom stereocenters. The maximum atomic E-state index is 4.88. The van der Waals surface area contributed by atoms with Crippen molar-refractivity contribution in [1.82, 2.24) is 5.06 Å². The van der Waals surface area contributed by atoms with Gasteiger partial charge in [-0.15, -0.1) is 0 Å². The lowest BCUT2D eigenvalue weighted by Gasteiger charge is -2.21. The Labute approximate surface area is 142 Å². The van der Waals surface area contributed by atoms with Crippen LogP contribution in [0.2, 0.25) is 0 Å². The molecule has 0 spiro atoms. The number of benzene rings is 2. The summed E-state index contributed by atoms with van der Waals surface area (Å²) in [6.45, 7) is 10.6. The van der Waals surface area contributed by atoms with Crippen molar-refractivity contribution >= 4 is 0 Å². The predicted octanol–water partition coefficient (Wildman–Crippen LogP) is 5.36. The largest absolute Gasteiger partial charge is 0.302 e. The molecule has 0 N–H and O–H groups in total. The maximum absolute atomic E-state index is 4.88. The van der Waals surface area contributed by atoms with Crippen molar-refractivity contribution in [3.05, 3.63) is 71.8 Å². The summed E-state index contributed by atoms with van der Waals surface area (Å²) in [5.41, 5.74) is 2.81. The van der Waals surface area contributed by atoms with E-state index in [9.17, 15) is 0 Å². The Hall–Kier alpha value is -1.64. The van der Waals surface area contributed by atoms with Gasteiger partial charge < -0.3 is 4.84 Å². The molecule has 2 rings (SSSR count). The number of nitrogens with zero attached hydrogens (tertiary/aromatic N) is 1. The average molecular weight is 313 g/mol. The average Bonchev–Trinajstić information content (AvgIpc) is 2.59. The van der Waals surface area contributed by atoms with Crippen molar-refractivity contribution in [2.75, 3.05) is 20.2 Å². The van der Waals surface area contributed by atoms with Crippen LogP contribution in [0.3, 0.4) is 0 Å². The third-order valence-corrected chi connectivity index (χ3v) is 3.95. The van der Waals surface area contributed by atoms with Crippen LogP contribution in [0.15, 0.2) is 60.7 Å². The fraction of sp³-hybridized carbons (Fsp3) is 0.429. The Morgan fingerprint density at radius 1 is 0.783 bits per heavy atom. The molecule has 23 heavy (non-hydrogen) atoms. The van der Waals surface area contributed by atoms with Gasteiger partial charge in [0.1, 0.15) is 0 Å². The molecule has 0 aromatic heterocycles. The van der Waals surface area contributed by atoms with Crippen LogP contribution >= 0.6 is 0 Å². The van der Waals surface area contributed by atoms with Crippen LogP contribution < -0.4 is 0 Å². The number of hydrogen-bond donors (Lipinski definition) is 0.